The van der Waals surface area contributed by atoms with Gasteiger partial charge < -0.3 is 4.74 Å². The molecule has 0 bridgehead atoms. The second kappa shape index (κ2) is 7.83. The molecule has 3 aromatic carbocycles. The summed E-state index contributed by atoms with van der Waals surface area (Å²) in [5.74, 6) is 0.388. The Hall–Kier alpha value is -3.14. The van der Waals surface area contributed by atoms with Crippen molar-refractivity contribution in [2.24, 2.45) is 5.10 Å². The Morgan fingerprint density at radius 1 is 1.04 bits per heavy atom. The van der Waals surface area contributed by atoms with Crippen molar-refractivity contribution in [2.75, 3.05) is 7.11 Å². The molecule has 3 aromatic rings. The predicted octanol–water partition coefficient (Wildman–Crippen LogP) is 4.41. The van der Waals surface area contributed by atoms with Gasteiger partial charge >= 0.3 is 0 Å². The highest BCUT2D eigenvalue weighted by molar-refractivity contribution is 5.89. The number of hydrazone groups is 1. The highest BCUT2D eigenvalue weighted by Gasteiger charge is 2.15. The molecule has 1 atom stereocenters. The molecule has 0 saturated heterocycles. The van der Waals surface area contributed by atoms with Crippen molar-refractivity contribution < 1.29 is 9.53 Å². The fourth-order valence-corrected chi connectivity index (χ4v) is 2.71. The summed E-state index contributed by atoms with van der Waals surface area (Å²) in [6, 6.07) is 19.9. The maximum Gasteiger partial charge on any atom is 0.247 e. The minimum absolute atomic E-state index is 0.138. The van der Waals surface area contributed by atoms with Crippen LogP contribution in [0.1, 0.15) is 29.5 Å². The molecule has 132 valence electrons. The third-order valence-electron chi connectivity index (χ3n) is 4.43. The minimum Gasteiger partial charge on any atom is -0.497 e. The highest BCUT2D eigenvalue weighted by Crippen LogP contribution is 2.25. The summed E-state index contributed by atoms with van der Waals surface area (Å²) >= 11 is 0. The number of ether oxygens (including phenoxy) is 1. The second-order valence-electron chi connectivity index (χ2n) is 6.34. The van der Waals surface area contributed by atoms with Gasteiger partial charge in [-0.25, -0.2) is 5.43 Å². The number of nitrogens with one attached hydrogen (secondary N) is 1. The van der Waals surface area contributed by atoms with Crippen LogP contribution in [0.15, 0.2) is 65.8 Å². The molecule has 0 unspecified atom stereocenters. The van der Waals surface area contributed by atoms with Gasteiger partial charge in [0, 0.05) is 0 Å². The Labute approximate surface area is 153 Å². The normalized spacial score (nSPS) is 12.3. The number of benzene rings is 3. The molecule has 0 aliphatic rings. The maximum absolute atomic E-state index is 12.4. The Bertz CT molecular complexity index is 946. The molecule has 4 heteroatoms. The van der Waals surface area contributed by atoms with E-state index in [9.17, 15) is 4.79 Å². The van der Waals surface area contributed by atoms with Gasteiger partial charge in [0.1, 0.15) is 5.75 Å². The smallest absolute Gasteiger partial charge is 0.247 e. The number of carbonyl (C=O) groups is 1. The van der Waals surface area contributed by atoms with Crippen molar-refractivity contribution in [1.29, 1.82) is 0 Å². The van der Waals surface area contributed by atoms with E-state index in [1.54, 1.807) is 13.3 Å². The first-order valence-corrected chi connectivity index (χ1v) is 8.54. The van der Waals surface area contributed by atoms with Crippen LogP contribution in [-0.4, -0.2) is 19.2 Å². The molecule has 26 heavy (non-hydrogen) atoms. The molecule has 0 fully saturated rings. The third kappa shape index (κ3) is 4.09. The standard InChI is InChI=1S/C22H22N2O2/c1-15-4-6-17(7-5-15)14-23-24-22(25)16(2)18-8-9-20-13-21(26-3)11-10-19(20)12-18/h4-14,16H,1-3H3,(H,24,25)/b23-14+/t16-/m0/s1. The molecule has 0 aliphatic heterocycles. The largest absolute Gasteiger partial charge is 0.497 e. The van der Waals surface area contributed by atoms with Crippen LogP contribution in [0.4, 0.5) is 0 Å². The second-order valence-corrected chi connectivity index (χ2v) is 6.34. The van der Waals surface area contributed by atoms with Crippen molar-refractivity contribution in [3.05, 3.63) is 77.4 Å². The van der Waals surface area contributed by atoms with Gasteiger partial charge in [0.2, 0.25) is 5.91 Å². The van der Waals surface area contributed by atoms with Crippen LogP contribution in [0.2, 0.25) is 0 Å². The summed E-state index contributed by atoms with van der Waals surface area (Å²) in [5.41, 5.74) is 5.71. The van der Waals surface area contributed by atoms with E-state index in [-0.39, 0.29) is 11.8 Å². The zero-order chi connectivity index (χ0) is 18.5. The number of hydrogen-bond donors (Lipinski definition) is 1. The highest BCUT2D eigenvalue weighted by atomic mass is 16.5. The van der Waals surface area contributed by atoms with E-state index < -0.39 is 0 Å². The molecule has 0 heterocycles. The van der Waals surface area contributed by atoms with Crippen LogP contribution in [0, 0.1) is 6.92 Å². The van der Waals surface area contributed by atoms with Crippen LogP contribution < -0.4 is 10.2 Å². The molecule has 1 N–H and O–H groups in total. The zero-order valence-corrected chi connectivity index (χ0v) is 15.2. The van der Waals surface area contributed by atoms with Crippen molar-refractivity contribution >= 4 is 22.9 Å². The number of hydrogen-bond acceptors (Lipinski definition) is 3. The quantitative estimate of drug-likeness (QED) is 0.549. The number of carbonyl (C=O) groups excluding carboxylic acids is 1. The van der Waals surface area contributed by atoms with Crippen LogP contribution in [0.5, 0.6) is 5.75 Å². The maximum atomic E-state index is 12.4. The Morgan fingerprint density at radius 3 is 2.46 bits per heavy atom. The fraction of sp³-hybridized carbons (Fsp3) is 0.182. The number of fused-ring (bicyclic) bond motifs is 1. The van der Waals surface area contributed by atoms with Crippen LogP contribution >= 0.6 is 0 Å². The number of rotatable bonds is 5. The summed E-state index contributed by atoms with van der Waals surface area (Å²) in [6.45, 7) is 3.91. The predicted molar refractivity (Wildman–Crippen MR) is 106 cm³/mol. The molecular formula is C22H22N2O2. The lowest BCUT2D eigenvalue weighted by molar-refractivity contribution is -0.122. The van der Waals surface area contributed by atoms with Gasteiger partial charge in [-0.2, -0.15) is 5.10 Å². The monoisotopic (exact) mass is 346 g/mol. The minimum atomic E-state index is -0.295. The molecule has 0 saturated carbocycles. The first-order valence-electron chi connectivity index (χ1n) is 8.54. The van der Waals surface area contributed by atoms with Crippen LogP contribution in [0.25, 0.3) is 10.8 Å². The molecule has 0 spiro atoms. The summed E-state index contributed by atoms with van der Waals surface area (Å²) in [5, 5.41) is 6.22. The lowest BCUT2D eigenvalue weighted by atomic mass is 9.97. The Balaban J connectivity index is 1.69. The van der Waals surface area contributed by atoms with E-state index in [4.69, 9.17) is 4.74 Å². The number of methoxy groups -OCH3 is 1. The Kier molecular flexibility index (Phi) is 5.32. The lowest BCUT2D eigenvalue weighted by Gasteiger charge is -2.11. The van der Waals surface area contributed by atoms with Gasteiger partial charge in [-0.1, -0.05) is 54.1 Å². The lowest BCUT2D eigenvalue weighted by Crippen LogP contribution is -2.23. The van der Waals surface area contributed by atoms with Gasteiger partial charge in [-0.15, -0.1) is 0 Å². The van der Waals surface area contributed by atoms with Gasteiger partial charge in [0.15, 0.2) is 0 Å². The summed E-state index contributed by atoms with van der Waals surface area (Å²) in [6.07, 6.45) is 1.65. The fourth-order valence-electron chi connectivity index (χ4n) is 2.71. The number of nitrogens with zero attached hydrogens (tertiary/aromatic N) is 1. The average Bonchev–Trinajstić information content (AvgIpc) is 2.68. The molecule has 0 radical (unpaired) electrons. The molecule has 4 nitrogen and oxygen atoms in total. The van der Waals surface area contributed by atoms with E-state index in [1.165, 1.54) is 5.56 Å². The van der Waals surface area contributed by atoms with Crippen molar-refractivity contribution in [2.45, 2.75) is 19.8 Å². The van der Waals surface area contributed by atoms with E-state index in [0.29, 0.717) is 0 Å². The van der Waals surface area contributed by atoms with Gasteiger partial charge in [0.05, 0.1) is 19.2 Å². The summed E-state index contributed by atoms with van der Waals surface area (Å²) in [7, 11) is 1.65. The van der Waals surface area contributed by atoms with Crippen molar-refractivity contribution in [1.82, 2.24) is 5.43 Å². The third-order valence-corrected chi connectivity index (χ3v) is 4.43. The Morgan fingerprint density at radius 2 is 1.73 bits per heavy atom. The van der Waals surface area contributed by atoms with E-state index in [0.717, 1.165) is 27.6 Å². The van der Waals surface area contributed by atoms with Crippen molar-refractivity contribution in [3.8, 4) is 5.75 Å². The van der Waals surface area contributed by atoms with Gasteiger partial charge in [-0.05, 0) is 47.9 Å². The van der Waals surface area contributed by atoms with E-state index in [2.05, 4.69) is 10.5 Å². The molecular weight excluding hydrogens is 324 g/mol. The van der Waals surface area contributed by atoms with Gasteiger partial charge in [0.25, 0.3) is 0 Å². The first kappa shape index (κ1) is 17.7. The van der Waals surface area contributed by atoms with Crippen LogP contribution in [-0.2, 0) is 4.79 Å². The average molecular weight is 346 g/mol. The molecule has 0 aromatic heterocycles. The summed E-state index contributed by atoms with van der Waals surface area (Å²) < 4.78 is 5.25. The topological polar surface area (TPSA) is 50.7 Å². The molecule has 1 amide bonds. The zero-order valence-electron chi connectivity index (χ0n) is 15.2. The number of amides is 1. The van der Waals surface area contributed by atoms with Gasteiger partial charge in [-0.3, -0.25) is 4.79 Å². The van der Waals surface area contributed by atoms with Crippen molar-refractivity contribution in [3.63, 3.8) is 0 Å². The SMILES string of the molecule is COc1ccc2cc([C@H](C)C(=O)N/N=C/c3ccc(C)cc3)ccc2c1. The number of aryl methyl sites for hydroxylation is 1. The summed E-state index contributed by atoms with van der Waals surface area (Å²) in [4.78, 5) is 12.4. The first-order chi connectivity index (χ1) is 12.6. The molecule has 3 rings (SSSR count). The van der Waals surface area contributed by atoms with E-state index >= 15 is 0 Å². The molecule has 0 aliphatic carbocycles. The van der Waals surface area contributed by atoms with E-state index in [1.807, 2.05) is 74.5 Å². The van der Waals surface area contributed by atoms with Crippen LogP contribution in [0.3, 0.4) is 0 Å².